The minimum atomic E-state index is -0.631. The van der Waals surface area contributed by atoms with E-state index in [2.05, 4.69) is 5.32 Å². The van der Waals surface area contributed by atoms with Gasteiger partial charge >= 0.3 is 12.2 Å². The zero-order valence-electron chi connectivity index (χ0n) is 26.9. The molecule has 0 bridgehead atoms. The number of amides is 4. The molecule has 1 fully saturated rings. The molecule has 246 valence electrons. The molecule has 0 aliphatic carbocycles. The van der Waals surface area contributed by atoms with E-state index in [1.807, 2.05) is 57.2 Å². The highest BCUT2D eigenvalue weighted by molar-refractivity contribution is 5.99. The quantitative estimate of drug-likeness (QED) is 0.365. The molecule has 3 aromatic rings. The Morgan fingerprint density at radius 1 is 0.830 bits per heavy atom. The number of piperazine rings is 1. The number of pyridine rings is 1. The van der Waals surface area contributed by atoms with E-state index in [1.165, 1.54) is 0 Å². The molecule has 5 rings (SSSR count). The fraction of sp³-hybridized carbons (Fsp3) is 0.343. The van der Waals surface area contributed by atoms with Crippen LogP contribution in [0.4, 0.5) is 21.1 Å². The summed E-state index contributed by atoms with van der Waals surface area (Å²) in [5.74, 6) is -0.479. The van der Waals surface area contributed by atoms with Crippen LogP contribution in [0.25, 0.3) is 5.57 Å². The Kier molecular flexibility index (Phi) is 10.1. The Hall–Kier alpha value is -5.39. The molecule has 0 atom stereocenters. The summed E-state index contributed by atoms with van der Waals surface area (Å²) in [7, 11) is 0. The lowest BCUT2D eigenvalue weighted by molar-refractivity contribution is 0.0141. The number of aromatic nitrogens is 1. The topological polar surface area (TPSA) is 147 Å². The van der Waals surface area contributed by atoms with Crippen LogP contribution in [0.5, 0.6) is 0 Å². The summed E-state index contributed by atoms with van der Waals surface area (Å²) in [6.07, 6.45) is 1.73. The molecule has 0 saturated carbocycles. The Bertz CT molecular complexity index is 1640. The monoisotopic (exact) mass is 640 g/mol. The van der Waals surface area contributed by atoms with E-state index in [9.17, 15) is 19.2 Å². The molecule has 0 radical (unpaired) electrons. The summed E-state index contributed by atoms with van der Waals surface area (Å²) in [6, 6.07) is 19.8. The first kappa shape index (κ1) is 33.0. The molecule has 47 heavy (non-hydrogen) atoms. The van der Waals surface area contributed by atoms with Crippen LogP contribution in [0.2, 0.25) is 0 Å². The van der Waals surface area contributed by atoms with E-state index < -0.39 is 11.5 Å². The van der Waals surface area contributed by atoms with Crippen molar-refractivity contribution in [3.8, 4) is 0 Å². The van der Waals surface area contributed by atoms with Crippen LogP contribution in [0.15, 0.2) is 72.8 Å². The molecule has 0 unspecified atom stereocenters. The summed E-state index contributed by atoms with van der Waals surface area (Å²) < 4.78 is 10.9. The van der Waals surface area contributed by atoms with Gasteiger partial charge in [-0.15, -0.1) is 0 Å². The number of primary amides is 1. The summed E-state index contributed by atoms with van der Waals surface area (Å²) >= 11 is 0. The van der Waals surface area contributed by atoms with Crippen molar-refractivity contribution in [1.29, 1.82) is 0 Å². The molecule has 3 heterocycles. The zero-order chi connectivity index (χ0) is 33.6. The first-order valence-corrected chi connectivity index (χ1v) is 15.6. The Morgan fingerprint density at radius 2 is 1.51 bits per heavy atom. The number of nitrogens with one attached hydrogen (secondary N) is 1. The second kappa shape index (κ2) is 14.4. The maximum Gasteiger partial charge on any atom is 0.410 e. The fourth-order valence-corrected chi connectivity index (χ4v) is 5.24. The van der Waals surface area contributed by atoms with Crippen molar-refractivity contribution in [3.05, 3.63) is 95.2 Å². The maximum atomic E-state index is 13.2. The van der Waals surface area contributed by atoms with Crippen LogP contribution in [0.3, 0.4) is 0 Å². The van der Waals surface area contributed by atoms with Gasteiger partial charge in [-0.1, -0.05) is 36.4 Å². The van der Waals surface area contributed by atoms with Crippen molar-refractivity contribution >= 4 is 41.1 Å². The number of ether oxygens (including phenoxy) is 2. The fourth-order valence-electron chi connectivity index (χ4n) is 5.24. The van der Waals surface area contributed by atoms with Gasteiger partial charge in [0, 0.05) is 50.5 Å². The Labute approximate surface area is 274 Å². The van der Waals surface area contributed by atoms with Gasteiger partial charge in [-0.3, -0.25) is 9.59 Å². The van der Waals surface area contributed by atoms with Gasteiger partial charge in [0.05, 0.1) is 11.3 Å². The molecule has 12 heteroatoms. The SMILES string of the molecule is CC(C)(C)OC(=O)N1CCN(C(=O)c2ccc(Nc3nc(C4=CCN(C(=O)OCc5ccccc5)CC4)ccc3C(N)=O)cc2)CC1. The molecule has 4 amide bonds. The lowest BCUT2D eigenvalue weighted by atomic mass is 10.0. The normalized spacial score (nSPS) is 15.0. The lowest BCUT2D eigenvalue weighted by Gasteiger charge is -2.35. The van der Waals surface area contributed by atoms with E-state index in [1.54, 1.807) is 51.1 Å². The van der Waals surface area contributed by atoms with E-state index >= 15 is 0 Å². The molecule has 12 nitrogen and oxygen atoms in total. The lowest BCUT2D eigenvalue weighted by Crippen LogP contribution is -2.51. The van der Waals surface area contributed by atoms with Crippen LogP contribution in [0.1, 0.15) is 59.2 Å². The largest absolute Gasteiger partial charge is 0.445 e. The van der Waals surface area contributed by atoms with E-state index in [-0.39, 0.29) is 36.1 Å². The van der Waals surface area contributed by atoms with E-state index in [0.29, 0.717) is 62.6 Å². The molecular formula is C35H40N6O6. The van der Waals surface area contributed by atoms with Crippen molar-refractivity contribution in [2.75, 3.05) is 44.6 Å². The van der Waals surface area contributed by atoms with Crippen LogP contribution in [-0.4, -0.2) is 88.6 Å². The van der Waals surface area contributed by atoms with Gasteiger partial charge < -0.3 is 35.2 Å². The predicted octanol–water partition coefficient (Wildman–Crippen LogP) is 5.04. The van der Waals surface area contributed by atoms with Crippen molar-refractivity contribution in [1.82, 2.24) is 19.7 Å². The van der Waals surface area contributed by atoms with Gasteiger partial charge in [0.25, 0.3) is 11.8 Å². The zero-order valence-corrected chi connectivity index (χ0v) is 26.9. The highest BCUT2D eigenvalue weighted by Gasteiger charge is 2.28. The summed E-state index contributed by atoms with van der Waals surface area (Å²) in [6.45, 7) is 8.10. The van der Waals surface area contributed by atoms with E-state index in [4.69, 9.17) is 20.2 Å². The molecule has 1 saturated heterocycles. The molecular weight excluding hydrogens is 600 g/mol. The third kappa shape index (κ3) is 8.66. The summed E-state index contributed by atoms with van der Waals surface area (Å²) in [4.78, 5) is 60.0. The second-order valence-electron chi connectivity index (χ2n) is 12.4. The van der Waals surface area contributed by atoms with Crippen molar-refractivity contribution in [2.45, 2.75) is 39.4 Å². The van der Waals surface area contributed by atoms with Gasteiger partial charge in [0.15, 0.2) is 0 Å². The Morgan fingerprint density at radius 3 is 2.13 bits per heavy atom. The summed E-state index contributed by atoms with van der Waals surface area (Å²) in [5, 5.41) is 3.17. The van der Waals surface area contributed by atoms with Crippen molar-refractivity contribution in [2.24, 2.45) is 5.73 Å². The molecule has 2 aliphatic heterocycles. The van der Waals surface area contributed by atoms with Gasteiger partial charge in [0.1, 0.15) is 18.0 Å². The maximum absolute atomic E-state index is 13.2. The first-order chi connectivity index (χ1) is 22.5. The van der Waals surface area contributed by atoms with Gasteiger partial charge in [-0.05, 0) is 74.7 Å². The molecule has 0 spiro atoms. The van der Waals surface area contributed by atoms with Gasteiger partial charge in [-0.2, -0.15) is 0 Å². The summed E-state index contributed by atoms with van der Waals surface area (Å²) in [5.41, 5.74) is 8.92. The van der Waals surface area contributed by atoms with Crippen LogP contribution in [-0.2, 0) is 16.1 Å². The van der Waals surface area contributed by atoms with Gasteiger partial charge in [-0.25, -0.2) is 14.6 Å². The van der Waals surface area contributed by atoms with Crippen LogP contribution in [0, 0.1) is 0 Å². The number of hydrogen-bond donors (Lipinski definition) is 2. The standard InChI is InChI=1S/C35H40N6O6/c1-35(2,3)47-34(45)41-21-19-39(20-22-41)32(43)26-9-11-27(12-10-26)37-31-28(30(36)42)13-14-29(38-31)25-15-17-40(18-16-25)33(44)46-23-24-7-5-4-6-8-24/h4-15H,16-23H2,1-3H3,(H2,36,42)(H,37,38). The molecule has 3 N–H and O–H groups in total. The number of carbonyl (C=O) groups is 4. The van der Waals surface area contributed by atoms with Gasteiger partial charge in [0.2, 0.25) is 0 Å². The van der Waals surface area contributed by atoms with Crippen LogP contribution < -0.4 is 11.1 Å². The van der Waals surface area contributed by atoms with E-state index in [0.717, 1.165) is 11.1 Å². The van der Waals surface area contributed by atoms with Crippen molar-refractivity contribution in [3.63, 3.8) is 0 Å². The first-order valence-electron chi connectivity index (χ1n) is 15.6. The number of rotatable bonds is 7. The van der Waals surface area contributed by atoms with Crippen LogP contribution >= 0.6 is 0 Å². The number of carbonyl (C=O) groups excluding carboxylic acids is 4. The number of nitrogens with zero attached hydrogens (tertiary/aromatic N) is 4. The minimum Gasteiger partial charge on any atom is -0.445 e. The van der Waals surface area contributed by atoms with Crippen molar-refractivity contribution < 1.29 is 28.7 Å². The highest BCUT2D eigenvalue weighted by Crippen LogP contribution is 2.26. The predicted molar refractivity (Wildman–Crippen MR) is 177 cm³/mol. The molecule has 2 aromatic carbocycles. The third-order valence-electron chi connectivity index (χ3n) is 7.78. The molecule has 1 aromatic heterocycles. The smallest absolute Gasteiger partial charge is 0.410 e. The minimum absolute atomic E-state index is 0.138. The third-order valence-corrected chi connectivity index (χ3v) is 7.78. The highest BCUT2D eigenvalue weighted by atomic mass is 16.6. The number of nitrogens with two attached hydrogens (primary N) is 1. The average molecular weight is 641 g/mol. The second-order valence-corrected chi connectivity index (χ2v) is 12.4. The average Bonchev–Trinajstić information content (AvgIpc) is 3.07. The number of benzene rings is 2. The number of anilines is 2. The Balaban J connectivity index is 1.19. The molecule has 2 aliphatic rings. The number of hydrogen-bond acceptors (Lipinski definition) is 8.